The Morgan fingerprint density at radius 2 is 1.82 bits per heavy atom. The van der Waals surface area contributed by atoms with Crippen molar-refractivity contribution in [3.8, 4) is 0 Å². The van der Waals surface area contributed by atoms with E-state index in [0.717, 1.165) is 6.42 Å². The van der Waals surface area contributed by atoms with Gasteiger partial charge in [-0.1, -0.05) is 27.7 Å². The lowest BCUT2D eigenvalue weighted by molar-refractivity contribution is -0.122. The number of H-pyrrole nitrogens is 1. The molecule has 0 aromatic carbocycles. The molecule has 0 unspecified atom stereocenters. The zero-order valence-corrected chi connectivity index (χ0v) is 19.9. The number of carbonyl (C=O) groups excluding carboxylic acids is 2. The summed E-state index contributed by atoms with van der Waals surface area (Å²) in [5.74, 6) is -0.255. The molecule has 2 amide bonds. The average molecular weight is 459 g/mol. The molecule has 33 heavy (non-hydrogen) atoms. The molecule has 2 aromatic rings. The topological polar surface area (TPSA) is 120 Å². The minimum atomic E-state index is -0.597. The summed E-state index contributed by atoms with van der Waals surface area (Å²) in [6.45, 7) is 11.3. The van der Waals surface area contributed by atoms with E-state index in [-0.39, 0.29) is 34.3 Å². The number of nitrogens with one attached hydrogen (secondary N) is 2. The van der Waals surface area contributed by atoms with Gasteiger partial charge in [-0.3, -0.25) is 28.8 Å². The molecule has 0 saturated carbocycles. The Morgan fingerprint density at radius 3 is 2.42 bits per heavy atom. The quantitative estimate of drug-likeness (QED) is 0.607. The maximum absolute atomic E-state index is 13.5. The smallest absolute Gasteiger partial charge is 0.329 e. The SMILES string of the molecule is CCCNC(=O)CN1CCN(C(=O)c2cc(C(C)C)nc3c2c(=O)[nH]c(=O)n3CCC)CC1. The number of hydrogen-bond donors (Lipinski definition) is 2. The molecule has 10 nitrogen and oxygen atoms in total. The summed E-state index contributed by atoms with van der Waals surface area (Å²) in [4.78, 5) is 61.4. The number of pyridine rings is 1. The number of piperazine rings is 1. The molecule has 180 valence electrons. The van der Waals surface area contributed by atoms with Gasteiger partial charge in [-0.25, -0.2) is 9.78 Å². The number of aromatic amines is 1. The molecule has 1 aliphatic rings. The average Bonchev–Trinajstić information content (AvgIpc) is 2.79. The van der Waals surface area contributed by atoms with Crippen molar-refractivity contribution in [1.29, 1.82) is 0 Å². The molecule has 2 N–H and O–H groups in total. The standard InChI is InChI=1S/C23H34N6O4/c1-5-7-24-18(30)14-27-9-11-28(12-10-27)22(32)16-13-17(15(3)4)25-20-19(16)21(31)26-23(33)29(20)8-6-2/h13,15H,5-12,14H2,1-4H3,(H,24,30)(H,26,31,33). The highest BCUT2D eigenvalue weighted by molar-refractivity contribution is 6.05. The van der Waals surface area contributed by atoms with Crippen LogP contribution >= 0.6 is 0 Å². The molecule has 0 spiro atoms. The zero-order valence-electron chi connectivity index (χ0n) is 19.9. The normalized spacial score (nSPS) is 14.8. The summed E-state index contributed by atoms with van der Waals surface area (Å²) in [5.41, 5.74) is 0.0677. The van der Waals surface area contributed by atoms with Gasteiger partial charge >= 0.3 is 5.69 Å². The maximum atomic E-state index is 13.5. The van der Waals surface area contributed by atoms with Crippen LogP contribution < -0.4 is 16.6 Å². The summed E-state index contributed by atoms with van der Waals surface area (Å²) < 4.78 is 1.44. The number of aryl methyl sites for hydroxylation is 1. The lowest BCUT2D eigenvalue weighted by Crippen LogP contribution is -2.51. The van der Waals surface area contributed by atoms with Crippen molar-refractivity contribution in [3.05, 3.63) is 38.2 Å². The largest absolute Gasteiger partial charge is 0.355 e. The van der Waals surface area contributed by atoms with Crippen molar-refractivity contribution in [2.75, 3.05) is 39.3 Å². The predicted octanol–water partition coefficient (Wildman–Crippen LogP) is 0.902. The Hall–Kier alpha value is -3.01. The fraction of sp³-hybridized carbons (Fsp3) is 0.609. The van der Waals surface area contributed by atoms with Crippen LogP contribution in [0.1, 0.15) is 62.5 Å². The number of fused-ring (bicyclic) bond motifs is 1. The van der Waals surface area contributed by atoms with E-state index in [9.17, 15) is 19.2 Å². The number of aromatic nitrogens is 3. The van der Waals surface area contributed by atoms with Crippen LogP contribution in [0.15, 0.2) is 15.7 Å². The molecule has 1 saturated heterocycles. The van der Waals surface area contributed by atoms with Crippen molar-refractivity contribution in [2.45, 2.75) is 53.0 Å². The predicted molar refractivity (Wildman–Crippen MR) is 127 cm³/mol. The lowest BCUT2D eigenvalue weighted by Gasteiger charge is -2.34. The molecule has 10 heteroatoms. The van der Waals surface area contributed by atoms with Gasteiger partial charge in [0.15, 0.2) is 5.65 Å². The van der Waals surface area contributed by atoms with E-state index in [0.29, 0.717) is 57.9 Å². The Kier molecular flexibility index (Phi) is 8.01. The highest BCUT2D eigenvalue weighted by atomic mass is 16.2. The summed E-state index contributed by atoms with van der Waals surface area (Å²) in [6.07, 6.45) is 1.57. The number of amides is 2. The molecule has 3 rings (SSSR count). The van der Waals surface area contributed by atoms with Crippen molar-refractivity contribution in [2.24, 2.45) is 0 Å². The monoisotopic (exact) mass is 458 g/mol. The third-order valence-electron chi connectivity index (χ3n) is 5.84. The summed E-state index contributed by atoms with van der Waals surface area (Å²) in [5, 5.41) is 3.02. The third kappa shape index (κ3) is 5.50. The second kappa shape index (κ2) is 10.7. The van der Waals surface area contributed by atoms with Crippen molar-refractivity contribution < 1.29 is 9.59 Å². The Bertz CT molecular complexity index is 1130. The van der Waals surface area contributed by atoms with Gasteiger partial charge in [0.05, 0.1) is 17.5 Å². The van der Waals surface area contributed by atoms with Crippen molar-refractivity contribution in [1.82, 2.24) is 29.7 Å². The van der Waals surface area contributed by atoms with Crippen LogP contribution in [0.2, 0.25) is 0 Å². The van der Waals surface area contributed by atoms with Gasteiger partial charge in [0, 0.05) is 45.0 Å². The molecule has 1 fully saturated rings. The van der Waals surface area contributed by atoms with Gasteiger partial charge in [0.25, 0.3) is 11.5 Å². The number of rotatable bonds is 8. The first-order valence-electron chi connectivity index (χ1n) is 11.7. The van der Waals surface area contributed by atoms with E-state index in [1.54, 1.807) is 11.0 Å². The van der Waals surface area contributed by atoms with E-state index in [1.807, 2.05) is 32.6 Å². The van der Waals surface area contributed by atoms with Gasteiger partial charge in [0.1, 0.15) is 0 Å². The third-order valence-corrected chi connectivity index (χ3v) is 5.84. The molecular formula is C23H34N6O4. The molecule has 0 bridgehead atoms. The molecular weight excluding hydrogens is 424 g/mol. The molecule has 0 aliphatic carbocycles. The number of hydrogen-bond acceptors (Lipinski definition) is 6. The second-order valence-corrected chi connectivity index (χ2v) is 8.78. The van der Waals surface area contributed by atoms with Crippen LogP contribution in [0.5, 0.6) is 0 Å². The van der Waals surface area contributed by atoms with E-state index < -0.39 is 11.2 Å². The molecule has 1 aliphatic heterocycles. The number of nitrogens with zero attached hydrogens (tertiary/aromatic N) is 4. The Labute approximate surface area is 193 Å². The summed E-state index contributed by atoms with van der Waals surface area (Å²) in [6, 6.07) is 1.68. The second-order valence-electron chi connectivity index (χ2n) is 8.78. The van der Waals surface area contributed by atoms with Gasteiger partial charge in [-0.2, -0.15) is 0 Å². The van der Waals surface area contributed by atoms with E-state index in [4.69, 9.17) is 0 Å². The van der Waals surface area contributed by atoms with Gasteiger partial charge in [-0.15, -0.1) is 0 Å². The lowest BCUT2D eigenvalue weighted by atomic mass is 10.0. The zero-order chi connectivity index (χ0) is 24.1. The van der Waals surface area contributed by atoms with Gasteiger partial charge in [-0.05, 0) is 24.8 Å². The fourth-order valence-corrected chi connectivity index (χ4v) is 3.99. The fourth-order valence-electron chi connectivity index (χ4n) is 3.99. The Balaban J connectivity index is 1.91. The first-order valence-corrected chi connectivity index (χ1v) is 11.7. The van der Waals surface area contributed by atoms with Crippen molar-refractivity contribution >= 4 is 22.8 Å². The van der Waals surface area contributed by atoms with E-state index in [2.05, 4.69) is 15.3 Å². The summed E-state index contributed by atoms with van der Waals surface area (Å²) >= 11 is 0. The van der Waals surface area contributed by atoms with Crippen LogP contribution in [0.4, 0.5) is 0 Å². The first kappa shape index (κ1) is 24.6. The minimum Gasteiger partial charge on any atom is -0.355 e. The molecule has 0 radical (unpaired) electrons. The van der Waals surface area contributed by atoms with Crippen LogP contribution in [0.3, 0.4) is 0 Å². The molecule has 3 heterocycles. The van der Waals surface area contributed by atoms with Crippen LogP contribution in [0.25, 0.3) is 11.0 Å². The van der Waals surface area contributed by atoms with E-state index in [1.165, 1.54) is 4.57 Å². The number of carbonyl (C=O) groups is 2. The van der Waals surface area contributed by atoms with Gasteiger partial charge < -0.3 is 10.2 Å². The highest BCUT2D eigenvalue weighted by Crippen LogP contribution is 2.21. The highest BCUT2D eigenvalue weighted by Gasteiger charge is 2.27. The van der Waals surface area contributed by atoms with Gasteiger partial charge in [0.2, 0.25) is 5.91 Å². The minimum absolute atomic E-state index is 0.0150. The molecule has 0 atom stereocenters. The van der Waals surface area contributed by atoms with E-state index >= 15 is 0 Å². The maximum Gasteiger partial charge on any atom is 0.329 e. The molecule has 2 aromatic heterocycles. The van der Waals surface area contributed by atoms with Crippen LogP contribution in [-0.2, 0) is 11.3 Å². The van der Waals surface area contributed by atoms with Crippen molar-refractivity contribution in [3.63, 3.8) is 0 Å². The summed E-state index contributed by atoms with van der Waals surface area (Å²) in [7, 11) is 0. The Morgan fingerprint density at radius 1 is 1.12 bits per heavy atom. The van der Waals surface area contributed by atoms with Crippen LogP contribution in [-0.4, -0.2) is 75.4 Å². The first-order chi connectivity index (χ1) is 15.8. The van der Waals surface area contributed by atoms with Crippen LogP contribution in [0, 0.1) is 0 Å².